The molecule has 0 aromatic heterocycles. The second-order valence-corrected chi connectivity index (χ2v) is 5.12. The minimum absolute atomic E-state index is 0.159. The number of likely N-dealkylation sites (N-methyl/N-ethyl adjacent to an activating group) is 1. The Balaban J connectivity index is 2.01. The van der Waals surface area contributed by atoms with Crippen LogP contribution in [0.4, 0.5) is 0 Å². The van der Waals surface area contributed by atoms with Crippen LogP contribution in [-0.2, 0) is 0 Å². The zero-order valence-electron chi connectivity index (χ0n) is 11.9. The summed E-state index contributed by atoms with van der Waals surface area (Å²) in [5.74, 6) is 1.68. The van der Waals surface area contributed by atoms with Crippen LogP contribution in [0.15, 0.2) is 24.3 Å². The van der Waals surface area contributed by atoms with E-state index in [0.29, 0.717) is 24.5 Å². The van der Waals surface area contributed by atoms with Crippen molar-refractivity contribution in [2.45, 2.75) is 26.7 Å². The van der Waals surface area contributed by atoms with Crippen LogP contribution in [0.25, 0.3) is 0 Å². The molecule has 1 aromatic rings. The highest BCUT2D eigenvalue weighted by molar-refractivity contribution is 6.00. The number of Topliss-reactive ketones (excluding diaryl/α,β-unsaturated/α-hetero) is 1. The average molecular weight is 261 g/mol. The summed E-state index contributed by atoms with van der Waals surface area (Å²) in [6.07, 6.45) is 2.64. The molecular weight excluding hydrogens is 238 g/mol. The Hall–Kier alpha value is -1.35. The van der Waals surface area contributed by atoms with Crippen molar-refractivity contribution in [1.29, 1.82) is 0 Å². The topological polar surface area (TPSA) is 29.5 Å². The first kappa shape index (κ1) is 14.1. The predicted octanol–water partition coefficient (Wildman–Crippen LogP) is 3.00. The number of hydrogen-bond donors (Lipinski definition) is 0. The van der Waals surface area contributed by atoms with Gasteiger partial charge in [0, 0.05) is 6.54 Å². The summed E-state index contributed by atoms with van der Waals surface area (Å²) in [6.45, 7) is 7.12. The minimum atomic E-state index is 0.159. The van der Waals surface area contributed by atoms with Crippen molar-refractivity contribution in [3.8, 4) is 5.75 Å². The van der Waals surface area contributed by atoms with Crippen LogP contribution in [0.3, 0.4) is 0 Å². The largest absolute Gasteiger partial charge is 0.493 e. The molecule has 0 amide bonds. The number of rotatable bonds is 8. The first-order valence-corrected chi connectivity index (χ1v) is 7.22. The van der Waals surface area contributed by atoms with Gasteiger partial charge in [-0.05, 0) is 44.4 Å². The molecule has 3 nitrogen and oxygen atoms in total. The van der Waals surface area contributed by atoms with Crippen LogP contribution >= 0.6 is 0 Å². The lowest BCUT2D eigenvalue weighted by Gasteiger charge is -2.19. The van der Waals surface area contributed by atoms with Gasteiger partial charge < -0.3 is 4.74 Å². The number of benzene rings is 1. The number of ether oxygens (including phenoxy) is 1. The Kier molecular flexibility index (Phi) is 4.97. The third-order valence-corrected chi connectivity index (χ3v) is 3.52. The number of hydrogen-bond acceptors (Lipinski definition) is 3. The molecule has 3 heteroatoms. The third-order valence-electron chi connectivity index (χ3n) is 3.52. The lowest BCUT2D eigenvalue weighted by atomic mass is 10.1. The molecule has 0 spiro atoms. The molecule has 0 radical (unpaired) electrons. The SMILES string of the molecule is CCOc1ccccc1C(=O)CN(CC)CC1CC1. The number of ketones is 1. The van der Waals surface area contributed by atoms with Crippen molar-refractivity contribution >= 4 is 5.78 Å². The third kappa shape index (κ3) is 4.06. The van der Waals surface area contributed by atoms with Crippen LogP contribution in [0.1, 0.15) is 37.0 Å². The van der Waals surface area contributed by atoms with E-state index in [9.17, 15) is 4.79 Å². The quantitative estimate of drug-likeness (QED) is 0.674. The van der Waals surface area contributed by atoms with Crippen molar-refractivity contribution in [1.82, 2.24) is 4.90 Å². The van der Waals surface area contributed by atoms with Crippen molar-refractivity contribution in [2.24, 2.45) is 5.92 Å². The van der Waals surface area contributed by atoms with Crippen LogP contribution in [0, 0.1) is 5.92 Å². The van der Waals surface area contributed by atoms with Crippen LogP contribution in [-0.4, -0.2) is 36.9 Å². The number of nitrogens with zero attached hydrogens (tertiary/aromatic N) is 1. The zero-order chi connectivity index (χ0) is 13.7. The molecule has 2 rings (SSSR count). The Morgan fingerprint density at radius 2 is 2.05 bits per heavy atom. The summed E-state index contributed by atoms with van der Waals surface area (Å²) < 4.78 is 5.53. The summed E-state index contributed by atoms with van der Waals surface area (Å²) in [5, 5.41) is 0. The lowest BCUT2D eigenvalue weighted by molar-refractivity contribution is 0.0927. The minimum Gasteiger partial charge on any atom is -0.493 e. The Morgan fingerprint density at radius 1 is 1.32 bits per heavy atom. The fourth-order valence-corrected chi connectivity index (χ4v) is 2.24. The number of carbonyl (C=O) groups is 1. The van der Waals surface area contributed by atoms with Gasteiger partial charge in [0.05, 0.1) is 18.7 Å². The van der Waals surface area contributed by atoms with E-state index in [0.717, 1.165) is 19.0 Å². The number of carbonyl (C=O) groups excluding carboxylic acids is 1. The molecule has 0 N–H and O–H groups in total. The highest BCUT2D eigenvalue weighted by atomic mass is 16.5. The van der Waals surface area contributed by atoms with E-state index >= 15 is 0 Å². The van der Waals surface area contributed by atoms with E-state index in [2.05, 4.69) is 11.8 Å². The van der Waals surface area contributed by atoms with Crippen LogP contribution < -0.4 is 4.74 Å². The molecule has 0 atom stereocenters. The average Bonchev–Trinajstić information content (AvgIpc) is 3.23. The number of para-hydroxylation sites is 1. The summed E-state index contributed by atoms with van der Waals surface area (Å²) in [4.78, 5) is 14.6. The van der Waals surface area contributed by atoms with E-state index in [-0.39, 0.29) is 5.78 Å². The summed E-state index contributed by atoms with van der Waals surface area (Å²) >= 11 is 0. The molecule has 1 aromatic carbocycles. The van der Waals surface area contributed by atoms with E-state index in [1.54, 1.807) is 0 Å². The van der Waals surface area contributed by atoms with Crippen LogP contribution in [0.5, 0.6) is 5.75 Å². The zero-order valence-corrected chi connectivity index (χ0v) is 11.9. The monoisotopic (exact) mass is 261 g/mol. The molecule has 104 valence electrons. The van der Waals surface area contributed by atoms with Crippen molar-refractivity contribution in [2.75, 3.05) is 26.2 Å². The molecule has 0 heterocycles. The van der Waals surface area contributed by atoms with Crippen molar-refractivity contribution < 1.29 is 9.53 Å². The molecule has 1 fully saturated rings. The first-order valence-electron chi connectivity index (χ1n) is 7.22. The van der Waals surface area contributed by atoms with Crippen molar-refractivity contribution in [3.63, 3.8) is 0 Å². The van der Waals surface area contributed by atoms with Gasteiger partial charge in [0.25, 0.3) is 0 Å². The molecule has 0 bridgehead atoms. The molecule has 0 unspecified atom stereocenters. The van der Waals surface area contributed by atoms with Gasteiger partial charge in [0.2, 0.25) is 0 Å². The highest BCUT2D eigenvalue weighted by Gasteiger charge is 2.25. The van der Waals surface area contributed by atoms with E-state index < -0.39 is 0 Å². The maximum Gasteiger partial charge on any atom is 0.180 e. The smallest absolute Gasteiger partial charge is 0.180 e. The summed E-state index contributed by atoms with van der Waals surface area (Å²) in [5.41, 5.74) is 0.707. The molecule has 0 aliphatic heterocycles. The standard InChI is InChI=1S/C16H23NO2/c1-3-17(11-13-9-10-13)12-15(18)14-7-5-6-8-16(14)19-4-2/h5-8,13H,3-4,9-12H2,1-2H3. The van der Waals surface area contributed by atoms with Gasteiger partial charge in [0.1, 0.15) is 5.75 Å². The van der Waals surface area contributed by atoms with Gasteiger partial charge in [-0.1, -0.05) is 19.1 Å². The molecule has 1 saturated carbocycles. The molecular formula is C16H23NO2. The van der Waals surface area contributed by atoms with Gasteiger partial charge in [-0.3, -0.25) is 9.69 Å². The second kappa shape index (κ2) is 6.71. The van der Waals surface area contributed by atoms with Gasteiger partial charge >= 0.3 is 0 Å². The molecule has 0 saturated heterocycles. The predicted molar refractivity (Wildman–Crippen MR) is 76.8 cm³/mol. The second-order valence-electron chi connectivity index (χ2n) is 5.12. The van der Waals surface area contributed by atoms with Gasteiger partial charge in [0.15, 0.2) is 5.78 Å². The Labute approximate surface area is 115 Å². The summed E-state index contributed by atoms with van der Waals surface area (Å²) in [6, 6.07) is 7.53. The maximum absolute atomic E-state index is 12.4. The Morgan fingerprint density at radius 3 is 2.68 bits per heavy atom. The van der Waals surface area contributed by atoms with E-state index in [1.165, 1.54) is 12.8 Å². The highest BCUT2D eigenvalue weighted by Crippen LogP contribution is 2.29. The van der Waals surface area contributed by atoms with Crippen molar-refractivity contribution in [3.05, 3.63) is 29.8 Å². The maximum atomic E-state index is 12.4. The molecule has 1 aliphatic carbocycles. The van der Waals surface area contributed by atoms with Gasteiger partial charge in [-0.25, -0.2) is 0 Å². The van der Waals surface area contributed by atoms with E-state index in [1.807, 2.05) is 31.2 Å². The molecule has 1 aliphatic rings. The van der Waals surface area contributed by atoms with Gasteiger partial charge in [-0.15, -0.1) is 0 Å². The summed E-state index contributed by atoms with van der Waals surface area (Å²) in [7, 11) is 0. The Bertz CT molecular complexity index is 427. The lowest BCUT2D eigenvalue weighted by Crippen LogP contribution is -2.31. The van der Waals surface area contributed by atoms with Crippen LogP contribution in [0.2, 0.25) is 0 Å². The van der Waals surface area contributed by atoms with E-state index in [4.69, 9.17) is 4.74 Å². The first-order chi connectivity index (χ1) is 9.24. The fourth-order valence-electron chi connectivity index (χ4n) is 2.24. The fraction of sp³-hybridized carbons (Fsp3) is 0.562. The normalized spacial score (nSPS) is 14.7. The van der Waals surface area contributed by atoms with Gasteiger partial charge in [-0.2, -0.15) is 0 Å². The molecule has 19 heavy (non-hydrogen) atoms.